The summed E-state index contributed by atoms with van der Waals surface area (Å²) in [5, 5.41) is 4.54. The second-order valence-corrected chi connectivity index (χ2v) is 6.94. The predicted molar refractivity (Wildman–Crippen MR) is 103 cm³/mol. The lowest BCUT2D eigenvalue weighted by molar-refractivity contribution is -0.147. The van der Waals surface area contributed by atoms with E-state index < -0.39 is 12.2 Å². The molecule has 2 saturated heterocycles. The Hall–Kier alpha value is -2.39. The second kappa shape index (κ2) is 9.20. The maximum absolute atomic E-state index is 14.8. The highest BCUT2D eigenvalue weighted by Gasteiger charge is 2.33. The molecule has 2 aliphatic heterocycles. The first-order valence-electron chi connectivity index (χ1n) is 9.63. The zero-order valence-electron chi connectivity index (χ0n) is 16.3. The Kier molecular flexibility index (Phi) is 6.69. The van der Waals surface area contributed by atoms with Gasteiger partial charge in [0.05, 0.1) is 31.1 Å². The number of carbonyl (C=O) groups excluding carboxylic acids is 2. The van der Waals surface area contributed by atoms with Crippen molar-refractivity contribution in [3.8, 4) is 0 Å². The van der Waals surface area contributed by atoms with Crippen molar-refractivity contribution in [3.63, 3.8) is 0 Å². The Morgan fingerprint density at radius 1 is 1.32 bits per heavy atom. The molecular formula is C19H27FN4O4. The number of cyclic esters (lactones) is 1. The summed E-state index contributed by atoms with van der Waals surface area (Å²) in [4.78, 5) is 32.1. The molecule has 2 amide bonds. The third-order valence-electron chi connectivity index (χ3n) is 4.76. The van der Waals surface area contributed by atoms with Crippen LogP contribution in [0.3, 0.4) is 0 Å². The molecule has 1 aromatic carbocycles. The molecule has 0 bridgehead atoms. The molecule has 1 atom stereocenters. The molecule has 0 unspecified atom stereocenters. The van der Waals surface area contributed by atoms with Gasteiger partial charge in [-0.05, 0) is 24.6 Å². The topological polar surface area (TPSA) is 74.4 Å². The van der Waals surface area contributed by atoms with E-state index in [1.165, 1.54) is 17.9 Å². The summed E-state index contributed by atoms with van der Waals surface area (Å²) in [5.41, 5.74) is 0.934. The fourth-order valence-electron chi connectivity index (χ4n) is 3.37. The average Bonchev–Trinajstić information content (AvgIpc) is 2.87. The van der Waals surface area contributed by atoms with Gasteiger partial charge in [-0.3, -0.25) is 14.5 Å². The summed E-state index contributed by atoms with van der Waals surface area (Å²) < 4.78 is 20.0. The first-order valence-corrected chi connectivity index (χ1v) is 9.63. The molecule has 2 heterocycles. The highest BCUT2D eigenvalue weighted by Crippen LogP contribution is 2.28. The van der Waals surface area contributed by atoms with Crippen molar-refractivity contribution in [1.82, 2.24) is 10.4 Å². The number of ether oxygens (including phenoxy) is 1. The van der Waals surface area contributed by atoms with Gasteiger partial charge in [0.1, 0.15) is 11.9 Å². The number of nitrogens with one attached hydrogen (secondary N) is 1. The van der Waals surface area contributed by atoms with E-state index in [2.05, 4.69) is 12.2 Å². The number of hydrogen-bond acceptors (Lipinski definition) is 6. The van der Waals surface area contributed by atoms with Crippen LogP contribution >= 0.6 is 0 Å². The molecule has 1 N–H and O–H groups in total. The Balaban J connectivity index is 1.65. The number of anilines is 2. The SMILES string of the molecule is CCCN1CCN(c2ccc(N3C[C@H](CNC(C)=O)OC3=O)cc2F)CCO1. The number of amides is 2. The van der Waals surface area contributed by atoms with Gasteiger partial charge in [-0.15, -0.1) is 0 Å². The van der Waals surface area contributed by atoms with Crippen LogP contribution in [0.4, 0.5) is 20.6 Å². The minimum Gasteiger partial charge on any atom is -0.442 e. The molecule has 2 fully saturated rings. The van der Waals surface area contributed by atoms with Crippen LogP contribution in [0.2, 0.25) is 0 Å². The molecule has 9 heteroatoms. The molecule has 2 aliphatic rings. The minimum atomic E-state index is -0.541. The van der Waals surface area contributed by atoms with Crippen molar-refractivity contribution in [2.24, 2.45) is 0 Å². The van der Waals surface area contributed by atoms with Crippen molar-refractivity contribution in [2.45, 2.75) is 26.4 Å². The molecular weight excluding hydrogens is 367 g/mol. The summed E-state index contributed by atoms with van der Waals surface area (Å²) in [7, 11) is 0. The molecule has 0 aliphatic carbocycles. The predicted octanol–water partition coefficient (Wildman–Crippen LogP) is 1.75. The van der Waals surface area contributed by atoms with Crippen molar-refractivity contribution < 1.29 is 23.6 Å². The van der Waals surface area contributed by atoms with E-state index >= 15 is 0 Å². The number of nitrogens with zero attached hydrogens (tertiary/aromatic N) is 3. The van der Waals surface area contributed by atoms with Gasteiger partial charge in [-0.25, -0.2) is 9.18 Å². The van der Waals surface area contributed by atoms with Gasteiger partial charge in [-0.2, -0.15) is 5.06 Å². The monoisotopic (exact) mass is 394 g/mol. The van der Waals surface area contributed by atoms with Crippen LogP contribution in [0.15, 0.2) is 18.2 Å². The highest BCUT2D eigenvalue weighted by molar-refractivity contribution is 5.90. The van der Waals surface area contributed by atoms with E-state index in [9.17, 15) is 14.0 Å². The Labute approximate surface area is 164 Å². The molecule has 0 radical (unpaired) electrons. The fraction of sp³-hybridized carbons (Fsp3) is 0.579. The molecule has 8 nitrogen and oxygen atoms in total. The van der Waals surface area contributed by atoms with Crippen LogP contribution in [0.25, 0.3) is 0 Å². The number of hydrogen-bond donors (Lipinski definition) is 1. The number of benzene rings is 1. The Morgan fingerprint density at radius 2 is 2.14 bits per heavy atom. The maximum atomic E-state index is 14.8. The summed E-state index contributed by atoms with van der Waals surface area (Å²) >= 11 is 0. The van der Waals surface area contributed by atoms with Crippen LogP contribution in [-0.2, 0) is 14.4 Å². The summed E-state index contributed by atoms with van der Waals surface area (Å²) in [6.07, 6.45) is 0.00472. The standard InChI is InChI=1S/C19H27FN4O4/c1-3-6-23-8-7-22(9-10-27-23)18-5-4-15(11-17(18)20)24-13-16(28-19(24)26)12-21-14(2)25/h4-5,11,16H,3,6-10,12-13H2,1-2H3,(H,21,25)/t16-/m0/s1. The molecule has 0 saturated carbocycles. The number of halogens is 1. The summed E-state index contributed by atoms with van der Waals surface area (Å²) in [5.74, 6) is -0.580. The molecule has 154 valence electrons. The second-order valence-electron chi connectivity index (χ2n) is 6.94. The lowest BCUT2D eigenvalue weighted by atomic mass is 10.2. The highest BCUT2D eigenvalue weighted by atomic mass is 19.1. The largest absolute Gasteiger partial charge is 0.442 e. The van der Waals surface area contributed by atoms with Gasteiger partial charge < -0.3 is 15.0 Å². The van der Waals surface area contributed by atoms with Crippen LogP contribution in [-0.4, -0.2) is 69.0 Å². The Morgan fingerprint density at radius 3 is 2.86 bits per heavy atom. The minimum absolute atomic E-state index is 0.191. The molecule has 3 rings (SSSR count). The van der Waals surface area contributed by atoms with Gasteiger partial charge in [0, 0.05) is 33.1 Å². The van der Waals surface area contributed by atoms with Crippen molar-refractivity contribution in [1.29, 1.82) is 0 Å². The van der Waals surface area contributed by atoms with Gasteiger partial charge in [0.2, 0.25) is 5.91 Å². The lowest BCUT2D eigenvalue weighted by Crippen LogP contribution is -2.33. The van der Waals surface area contributed by atoms with E-state index in [0.717, 1.165) is 13.0 Å². The maximum Gasteiger partial charge on any atom is 0.414 e. The number of rotatable bonds is 6. The average molecular weight is 394 g/mol. The van der Waals surface area contributed by atoms with E-state index in [-0.39, 0.29) is 24.8 Å². The molecule has 0 aromatic heterocycles. The van der Waals surface area contributed by atoms with Crippen molar-refractivity contribution in [3.05, 3.63) is 24.0 Å². The Bertz CT molecular complexity index is 717. The van der Waals surface area contributed by atoms with E-state index in [1.807, 2.05) is 9.96 Å². The first-order chi connectivity index (χ1) is 13.5. The zero-order valence-corrected chi connectivity index (χ0v) is 16.3. The summed E-state index contributed by atoms with van der Waals surface area (Å²) in [6.45, 7) is 7.32. The molecule has 28 heavy (non-hydrogen) atoms. The van der Waals surface area contributed by atoms with Gasteiger partial charge in [0.15, 0.2) is 0 Å². The van der Waals surface area contributed by atoms with Crippen LogP contribution in [0, 0.1) is 5.82 Å². The van der Waals surface area contributed by atoms with Gasteiger partial charge in [-0.1, -0.05) is 6.92 Å². The molecule has 1 aromatic rings. The third-order valence-corrected chi connectivity index (χ3v) is 4.76. The van der Waals surface area contributed by atoms with Crippen molar-refractivity contribution in [2.75, 3.05) is 55.7 Å². The van der Waals surface area contributed by atoms with Gasteiger partial charge >= 0.3 is 6.09 Å². The smallest absolute Gasteiger partial charge is 0.414 e. The number of carbonyl (C=O) groups is 2. The fourth-order valence-corrected chi connectivity index (χ4v) is 3.37. The normalized spacial score (nSPS) is 20.8. The lowest BCUT2D eigenvalue weighted by Gasteiger charge is -2.24. The van der Waals surface area contributed by atoms with E-state index in [0.29, 0.717) is 37.6 Å². The van der Waals surface area contributed by atoms with Crippen molar-refractivity contribution >= 4 is 23.4 Å². The number of hydroxylamine groups is 2. The van der Waals surface area contributed by atoms with E-state index in [4.69, 9.17) is 9.57 Å². The van der Waals surface area contributed by atoms with Crippen LogP contribution in [0.1, 0.15) is 20.3 Å². The van der Waals surface area contributed by atoms with Gasteiger partial charge in [0.25, 0.3) is 0 Å². The quantitative estimate of drug-likeness (QED) is 0.793. The third kappa shape index (κ3) is 4.90. The summed E-state index contributed by atoms with van der Waals surface area (Å²) in [6, 6.07) is 4.76. The zero-order chi connectivity index (χ0) is 20.1. The first kappa shape index (κ1) is 20.3. The molecule has 0 spiro atoms. The van der Waals surface area contributed by atoms with E-state index in [1.54, 1.807) is 12.1 Å². The van der Waals surface area contributed by atoms with Crippen LogP contribution in [0.5, 0.6) is 0 Å². The van der Waals surface area contributed by atoms with Crippen LogP contribution < -0.4 is 15.1 Å².